The van der Waals surface area contributed by atoms with Gasteiger partial charge in [-0.05, 0) is 26.2 Å². The molecule has 0 radical (unpaired) electrons. The SMILES string of the molecule is CCC(C)(O)CCCCC(=O)O. The minimum Gasteiger partial charge on any atom is -0.481 e. The lowest BCUT2D eigenvalue weighted by Gasteiger charge is -2.20. The molecule has 3 heteroatoms. The van der Waals surface area contributed by atoms with E-state index in [1.54, 1.807) is 6.92 Å². The molecular formula is C9H18O3. The molecule has 0 rings (SSSR count). The zero-order valence-corrected chi connectivity index (χ0v) is 7.84. The molecule has 72 valence electrons. The van der Waals surface area contributed by atoms with Gasteiger partial charge in [-0.3, -0.25) is 4.79 Å². The second kappa shape index (κ2) is 5.14. The third kappa shape index (κ3) is 6.16. The standard InChI is InChI=1S/C9H18O3/c1-3-9(2,12)7-5-4-6-8(10)11/h12H,3-7H2,1-2H3,(H,10,11). The summed E-state index contributed by atoms with van der Waals surface area (Å²) in [7, 11) is 0. The van der Waals surface area contributed by atoms with Gasteiger partial charge in [-0.1, -0.05) is 13.3 Å². The van der Waals surface area contributed by atoms with Crippen LogP contribution in [-0.2, 0) is 4.79 Å². The molecule has 0 bridgehead atoms. The van der Waals surface area contributed by atoms with Crippen molar-refractivity contribution in [2.45, 2.75) is 51.6 Å². The van der Waals surface area contributed by atoms with E-state index >= 15 is 0 Å². The van der Waals surface area contributed by atoms with Crippen LogP contribution in [0.4, 0.5) is 0 Å². The molecule has 0 aromatic carbocycles. The molecule has 0 aliphatic rings. The highest BCUT2D eigenvalue weighted by molar-refractivity contribution is 5.66. The fourth-order valence-corrected chi connectivity index (χ4v) is 0.959. The number of rotatable bonds is 6. The van der Waals surface area contributed by atoms with Gasteiger partial charge in [0.2, 0.25) is 0 Å². The van der Waals surface area contributed by atoms with Gasteiger partial charge in [-0.25, -0.2) is 0 Å². The number of aliphatic hydroxyl groups is 1. The van der Waals surface area contributed by atoms with E-state index < -0.39 is 11.6 Å². The number of hydrogen-bond acceptors (Lipinski definition) is 2. The quantitative estimate of drug-likeness (QED) is 0.603. The van der Waals surface area contributed by atoms with Gasteiger partial charge in [0.25, 0.3) is 0 Å². The summed E-state index contributed by atoms with van der Waals surface area (Å²) in [5.74, 6) is -0.758. The van der Waals surface area contributed by atoms with E-state index in [0.29, 0.717) is 12.8 Å². The van der Waals surface area contributed by atoms with Crippen LogP contribution in [0.1, 0.15) is 46.0 Å². The Morgan fingerprint density at radius 2 is 2.00 bits per heavy atom. The first-order chi connectivity index (χ1) is 5.48. The van der Waals surface area contributed by atoms with Crippen LogP contribution in [-0.4, -0.2) is 21.8 Å². The fourth-order valence-electron chi connectivity index (χ4n) is 0.959. The Morgan fingerprint density at radius 3 is 2.42 bits per heavy atom. The van der Waals surface area contributed by atoms with E-state index in [9.17, 15) is 9.90 Å². The molecule has 0 heterocycles. The highest BCUT2D eigenvalue weighted by atomic mass is 16.4. The van der Waals surface area contributed by atoms with Crippen molar-refractivity contribution < 1.29 is 15.0 Å². The number of hydrogen-bond donors (Lipinski definition) is 2. The van der Waals surface area contributed by atoms with Gasteiger partial charge in [0.15, 0.2) is 0 Å². The van der Waals surface area contributed by atoms with Crippen LogP contribution in [0, 0.1) is 0 Å². The Bertz CT molecular complexity index is 141. The fraction of sp³-hybridized carbons (Fsp3) is 0.889. The van der Waals surface area contributed by atoms with Crippen molar-refractivity contribution in [2.75, 3.05) is 0 Å². The van der Waals surface area contributed by atoms with E-state index in [0.717, 1.165) is 12.8 Å². The van der Waals surface area contributed by atoms with Crippen LogP contribution in [0.2, 0.25) is 0 Å². The highest BCUT2D eigenvalue weighted by Crippen LogP contribution is 2.17. The van der Waals surface area contributed by atoms with Crippen molar-refractivity contribution >= 4 is 5.97 Å². The first kappa shape index (κ1) is 11.4. The van der Waals surface area contributed by atoms with E-state index in [-0.39, 0.29) is 6.42 Å². The number of carboxylic acid groups (broad SMARTS) is 1. The van der Waals surface area contributed by atoms with Crippen LogP contribution in [0.25, 0.3) is 0 Å². The molecule has 1 unspecified atom stereocenters. The lowest BCUT2D eigenvalue weighted by molar-refractivity contribution is -0.137. The monoisotopic (exact) mass is 174 g/mol. The first-order valence-electron chi connectivity index (χ1n) is 4.42. The third-order valence-electron chi connectivity index (χ3n) is 2.12. The maximum Gasteiger partial charge on any atom is 0.303 e. The van der Waals surface area contributed by atoms with Crippen molar-refractivity contribution in [2.24, 2.45) is 0 Å². The molecule has 0 saturated carbocycles. The van der Waals surface area contributed by atoms with Gasteiger partial charge in [0, 0.05) is 6.42 Å². The molecule has 0 saturated heterocycles. The minimum atomic E-state index is -0.758. The van der Waals surface area contributed by atoms with Crippen LogP contribution in [0.5, 0.6) is 0 Å². The summed E-state index contributed by atoms with van der Waals surface area (Å²) >= 11 is 0. The molecule has 2 N–H and O–H groups in total. The predicted octanol–water partition coefficient (Wildman–Crippen LogP) is 1.79. The Kier molecular flexibility index (Phi) is 4.90. The van der Waals surface area contributed by atoms with Crippen molar-refractivity contribution in [3.05, 3.63) is 0 Å². The van der Waals surface area contributed by atoms with Crippen LogP contribution in [0.15, 0.2) is 0 Å². The number of aliphatic carboxylic acids is 1. The maximum atomic E-state index is 10.1. The molecular weight excluding hydrogens is 156 g/mol. The largest absolute Gasteiger partial charge is 0.481 e. The van der Waals surface area contributed by atoms with Crippen LogP contribution >= 0.6 is 0 Å². The zero-order valence-electron chi connectivity index (χ0n) is 7.84. The Morgan fingerprint density at radius 1 is 1.42 bits per heavy atom. The summed E-state index contributed by atoms with van der Waals surface area (Å²) in [4.78, 5) is 10.1. The average molecular weight is 174 g/mol. The molecule has 12 heavy (non-hydrogen) atoms. The summed E-state index contributed by atoms with van der Waals surface area (Å²) in [6.45, 7) is 3.71. The van der Waals surface area contributed by atoms with Gasteiger partial charge in [-0.15, -0.1) is 0 Å². The predicted molar refractivity (Wildman–Crippen MR) is 47.0 cm³/mol. The van der Waals surface area contributed by atoms with Crippen molar-refractivity contribution in [1.29, 1.82) is 0 Å². The third-order valence-corrected chi connectivity index (χ3v) is 2.12. The zero-order chi connectivity index (χ0) is 9.61. The van der Waals surface area contributed by atoms with E-state index in [2.05, 4.69) is 0 Å². The van der Waals surface area contributed by atoms with Crippen molar-refractivity contribution in [3.63, 3.8) is 0 Å². The smallest absolute Gasteiger partial charge is 0.303 e. The molecule has 0 fully saturated rings. The summed E-state index contributed by atoms with van der Waals surface area (Å²) in [5, 5.41) is 17.9. The summed E-state index contributed by atoms with van der Waals surface area (Å²) in [5.41, 5.74) is -0.613. The topological polar surface area (TPSA) is 57.5 Å². The van der Waals surface area contributed by atoms with Gasteiger partial charge in [0.1, 0.15) is 0 Å². The Labute approximate surface area is 73.4 Å². The Hall–Kier alpha value is -0.570. The lowest BCUT2D eigenvalue weighted by atomic mass is 9.96. The minimum absolute atomic E-state index is 0.208. The second-order valence-electron chi connectivity index (χ2n) is 3.45. The van der Waals surface area contributed by atoms with Crippen LogP contribution < -0.4 is 0 Å². The van der Waals surface area contributed by atoms with Crippen molar-refractivity contribution in [3.8, 4) is 0 Å². The molecule has 0 aliphatic heterocycles. The van der Waals surface area contributed by atoms with E-state index in [4.69, 9.17) is 5.11 Å². The highest BCUT2D eigenvalue weighted by Gasteiger charge is 2.16. The molecule has 1 atom stereocenters. The first-order valence-corrected chi connectivity index (χ1v) is 4.42. The number of unbranched alkanes of at least 4 members (excludes halogenated alkanes) is 1. The second-order valence-corrected chi connectivity index (χ2v) is 3.45. The van der Waals surface area contributed by atoms with Gasteiger partial charge in [-0.2, -0.15) is 0 Å². The number of carboxylic acids is 1. The normalized spacial score (nSPS) is 15.6. The number of carbonyl (C=O) groups is 1. The van der Waals surface area contributed by atoms with E-state index in [1.807, 2.05) is 6.92 Å². The van der Waals surface area contributed by atoms with Crippen molar-refractivity contribution in [1.82, 2.24) is 0 Å². The van der Waals surface area contributed by atoms with Crippen LogP contribution in [0.3, 0.4) is 0 Å². The summed E-state index contributed by atoms with van der Waals surface area (Å²) in [6, 6.07) is 0. The summed E-state index contributed by atoms with van der Waals surface area (Å²) in [6.07, 6.45) is 3.06. The van der Waals surface area contributed by atoms with Gasteiger partial charge < -0.3 is 10.2 Å². The molecule has 0 aromatic rings. The molecule has 0 spiro atoms. The molecule has 0 amide bonds. The molecule has 0 aromatic heterocycles. The Balaban J connectivity index is 3.37. The molecule has 0 aliphatic carbocycles. The summed E-state index contributed by atoms with van der Waals surface area (Å²) < 4.78 is 0. The lowest BCUT2D eigenvalue weighted by Crippen LogP contribution is -2.22. The average Bonchev–Trinajstić information content (AvgIpc) is 1.98. The van der Waals surface area contributed by atoms with Gasteiger partial charge >= 0.3 is 5.97 Å². The molecule has 3 nitrogen and oxygen atoms in total. The van der Waals surface area contributed by atoms with E-state index in [1.165, 1.54) is 0 Å². The van der Waals surface area contributed by atoms with Gasteiger partial charge in [0.05, 0.1) is 5.60 Å². The maximum absolute atomic E-state index is 10.1.